The first-order valence-corrected chi connectivity index (χ1v) is 7.42. The fourth-order valence-electron chi connectivity index (χ4n) is 2.24. The van der Waals surface area contributed by atoms with Crippen molar-refractivity contribution in [1.29, 1.82) is 0 Å². The van der Waals surface area contributed by atoms with Gasteiger partial charge >= 0.3 is 0 Å². The van der Waals surface area contributed by atoms with E-state index in [9.17, 15) is 0 Å². The highest BCUT2D eigenvalue weighted by molar-refractivity contribution is 7.09. The maximum Gasteiger partial charge on any atom is 0.0299 e. The normalized spacial score (nSPS) is 19.4. The molecule has 0 saturated carbocycles. The van der Waals surface area contributed by atoms with Crippen molar-refractivity contribution in [3.63, 3.8) is 0 Å². The lowest BCUT2D eigenvalue weighted by Crippen LogP contribution is -2.48. The van der Waals surface area contributed by atoms with Gasteiger partial charge < -0.3 is 10.6 Å². The lowest BCUT2D eigenvalue weighted by atomic mass is 10.2. The first-order chi connectivity index (χ1) is 8.36. The van der Waals surface area contributed by atoms with Gasteiger partial charge in [-0.1, -0.05) is 6.07 Å². The summed E-state index contributed by atoms with van der Waals surface area (Å²) in [5, 5.41) is 9.06. The van der Waals surface area contributed by atoms with Gasteiger partial charge in [0.05, 0.1) is 0 Å². The fraction of sp³-hybridized carbons (Fsp3) is 0.692. The molecular formula is C13H23N3S. The molecule has 2 heterocycles. The average Bonchev–Trinajstić information content (AvgIpc) is 2.88. The Bertz CT molecular complexity index is 294. The molecule has 1 atom stereocenters. The molecule has 0 aliphatic carbocycles. The molecule has 0 amide bonds. The molecule has 0 radical (unpaired) electrons. The third kappa shape index (κ3) is 4.39. The molecule has 0 bridgehead atoms. The van der Waals surface area contributed by atoms with Gasteiger partial charge in [-0.15, -0.1) is 11.3 Å². The highest BCUT2D eigenvalue weighted by atomic mass is 32.1. The Morgan fingerprint density at radius 3 is 3.00 bits per heavy atom. The summed E-state index contributed by atoms with van der Waals surface area (Å²) in [6.45, 7) is 9.17. The lowest BCUT2D eigenvalue weighted by Gasteiger charge is -2.32. The van der Waals surface area contributed by atoms with Gasteiger partial charge in [-0.25, -0.2) is 0 Å². The molecule has 4 heteroatoms. The molecule has 1 fully saturated rings. The predicted molar refractivity (Wildman–Crippen MR) is 74.5 cm³/mol. The van der Waals surface area contributed by atoms with E-state index in [0.29, 0.717) is 6.04 Å². The zero-order valence-electron chi connectivity index (χ0n) is 10.6. The van der Waals surface area contributed by atoms with Gasteiger partial charge in [0.1, 0.15) is 0 Å². The number of rotatable bonds is 6. The molecule has 1 unspecified atom stereocenters. The van der Waals surface area contributed by atoms with Gasteiger partial charge in [0.15, 0.2) is 0 Å². The summed E-state index contributed by atoms with van der Waals surface area (Å²) in [7, 11) is 0. The van der Waals surface area contributed by atoms with Crippen LogP contribution in [0.15, 0.2) is 17.5 Å². The molecule has 96 valence electrons. The summed E-state index contributed by atoms with van der Waals surface area (Å²) in [5.41, 5.74) is 0. The molecule has 1 aromatic heterocycles. The fourth-order valence-corrected chi connectivity index (χ4v) is 2.92. The smallest absolute Gasteiger partial charge is 0.0299 e. The van der Waals surface area contributed by atoms with Crippen molar-refractivity contribution in [1.82, 2.24) is 15.5 Å². The van der Waals surface area contributed by atoms with E-state index in [4.69, 9.17) is 0 Å². The number of nitrogens with one attached hydrogen (secondary N) is 2. The third-order valence-corrected chi connectivity index (χ3v) is 4.27. The zero-order valence-corrected chi connectivity index (χ0v) is 11.4. The maximum absolute atomic E-state index is 3.53. The van der Waals surface area contributed by atoms with Gasteiger partial charge in [0.2, 0.25) is 0 Å². The second-order valence-corrected chi connectivity index (χ2v) is 5.71. The van der Waals surface area contributed by atoms with Crippen molar-refractivity contribution in [2.24, 2.45) is 0 Å². The van der Waals surface area contributed by atoms with Crippen LogP contribution in [0, 0.1) is 0 Å². The Hall–Kier alpha value is -0.420. The molecule has 0 aromatic carbocycles. The number of hydrogen-bond acceptors (Lipinski definition) is 4. The third-order valence-electron chi connectivity index (χ3n) is 3.39. The van der Waals surface area contributed by atoms with Crippen LogP contribution < -0.4 is 10.6 Å². The molecule has 17 heavy (non-hydrogen) atoms. The molecule has 2 N–H and O–H groups in total. The first-order valence-electron chi connectivity index (χ1n) is 6.54. The number of thiophene rings is 1. The van der Waals surface area contributed by atoms with Crippen LogP contribution in [0.2, 0.25) is 0 Å². The Kier molecular flexibility index (Phi) is 5.45. The topological polar surface area (TPSA) is 27.3 Å². The molecule has 0 spiro atoms. The second-order valence-electron chi connectivity index (χ2n) is 4.68. The summed E-state index contributed by atoms with van der Waals surface area (Å²) >= 11 is 1.83. The largest absolute Gasteiger partial charge is 0.314 e. The number of piperazine rings is 1. The van der Waals surface area contributed by atoms with Crippen LogP contribution in [0.4, 0.5) is 0 Å². The number of nitrogens with zero attached hydrogens (tertiary/aromatic N) is 1. The molecule has 1 aliphatic heterocycles. The van der Waals surface area contributed by atoms with Crippen LogP contribution in [-0.4, -0.2) is 43.7 Å². The Morgan fingerprint density at radius 2 is 2.29 bits per heavy atom. The molecule has 1 aliphatic rings. The van der Waals surface area contributed by atoms with Gasteiger partial charge in [-0.2, -0.15) is 0 Å². The lowest BCUT2D eigenvalue weighted by molar-refractivity contribution is 0.176. The van der Waals surface area contributed by atoms with Crippen LogP contribution in [0.25, 0.3) is 0 Å². The molecule has 2 rings (SSSR count). The highest BCUT2D eigenvalue weighted by Gasteiger charge is 2.15. The Balaban J connectivity index is 1.57. The number of hydrogen-bond donors (Lipinski definition) is 2. The highest BCUT2D eigenvalue weighted by Crippen LogP contribution is 2.08. The van der Waals surface area contributed by atoms with Crippen molar-refractivity contribution in [3.8, 4) is 0 Å². The van der Waals surface area contributed by atoms with Crippen molar-refractivity contribution >= 4 is 11.3 Å². The van der Waals surface area contributed by atoms with Crippen LogP contribution in [0.1, 0.15) is 18.2 Å². The van der Waals surface area contributed by atoms with Crippen LogP contribution >= 0.6 is 11.3 Å². The van der Waals surface area contributed by atoms with Crippen molar-refractivity contribution in [2.45, 2.75) is 25.9 Å². The maximum atomic E-state index is 3.53. The summed E-state index contributed by atoms with van der Waals surface area (Å²) in [4.78, 5) is 4.02. The van der Waals surface area contributed by atoms with E-state index < -0.39 is 0 Å². The van der Waals surface area contributed by atoms with Crippen molar-refractivity contribution < 1.29 is 0 Å². The van der Waals surface area contributed by atoms with E-state index in [2.05, 4.69) is 40.0 Å². The summed E-state index contributed by atoms with van der Waals surface area (Å²) in [6.07, 6.45) is 1.24. The van der Waals surface area contributed by atoms with Crippen molar-refractivity contribution in [3.05, 3.63) is 22.4 Å². The Morgan fingerprint density at radius 1 is 1.47 bits per heavy atom. The Labute approximate surface area is 108 Å². The van der Waals surface area contributed by atoms with Crippen LogP contribution in [0.3, 0.4) is 0 Å². The minimum absolute atomic E-state index is 0.702. The second kappa shape index (κ2) is 7.11. The van der Waals surface area contributed by atoms with Crippen LogP contribution in [-0.2, 0) is 6.54 Å². The molecule has 1 saturated heterocycles. The van der Waals surface area contributed by atoms with Gasteiger partial charge in [0, 0.05) is 43.6 Å². The van der Waals surface area contributed by atoms with Gasteiger partial charge in [-0.05, 0) is 31.3 Å². The SMILES string of the molecule is CC(CCNCc1cccs1)N1CCNCC1. The molecule has 3 nitrogen and oxygen atoms in total. The van der Waals surface area contributed by atoms with E-state index in [1.54, 1.807) is 0 Å². The minimum atomic E-state index is 0.702. The minimum Gasteiger partial charge on any atom is -0.314 e. The van der Waals surface area contributed by atoms with E-state index in [1.807, 2.05) is 11.3 Å². The van der Waals surface area contributed by atoms with E-state index in [-0.39, 0.29) is 0 Å². The molecule has 1 aromatic rings. The monoisotopic (exact) mass is 253 g/mol. The zero-order chi connectivity index (χ0) is 11.9. The summed E-state index contributed by atoms with van der Waals surface area (Å²) in [5.74, 6) is 0. The van der Waals surface area contributed by atoms with Gasteiger partial charge in [-0.3, -0.25) is 4.90 Å². The summed E-state index contributed by atoms with van der Waals surface area (Å²) < 4.78 is 0. The molecular weight excluding hydrogens is 230 g/mol. The van der Waals surface area contributed by atoms with E-state index in [1.165, 1.54) is 24.4 Å². The van der Waals surface area contributed by atoms with Crippen LogP contribution in [0.5, 0.6) is 0 Å². The average molecular weight is 253 g/mol. The predicted octanol–water partition coefficient (Wildman–Crippen LogP) is 1.52. The van der Waals surface area contributed by atoms with Gasteiger partial charge in [0.25, 0.3) is 0 Å². The van der Waals surface area contributed by atoms with E-state index in [0.717, 1.165) is 26.2 Å². The van der Waals surface area contributed by atoms with E-state index >= 15 is 0 Å². The quantitative estimate of drug-likeness (QED) is 0.753. The van der Waals surface area contributed by atoms with Crippen molar-refractivity contribution in [2.75, 3.05) is 32.7 Å². The standard InChI is InChI=1S/C13H23N3S/c1-12(16-8-6-14-7-9-16)4-5-15-11-13-3-2-10-17-13/h2-3,10,12,14-15H,4-9,11H2,1H3. The first kappa shape index (κ1) is 13.0. The summed E-state index contributed by atoms with van der Waals surface area (Å²) in [6, 6.07) is 5.01.